The minimum absolute atomic E-state index is 0.0321. The van der Waals surface area contributed by atoms with Crippen molar-refractivity contribution in [2.75, 3.05) is 16.9 Å². The molecule has 142 valence electrons. The van der Waals surface area contributed by atoms with Crippen LogP contribution in [0.2, 0.25) is 0 Å². The van der Waals surface area contributed by atoms with E-state index in [1.807, 2.05) is 46.1 Å². The van der Waals surface area contributed by atoms with Gasteiger partial charge in [0.1, 0.15) is 22.7 Å². The molecular weight excluding hydrogens is 360 g/mol. The van der Waals surface area contributed by atoms with E-state index in [1.165, 1.54) is 11.8 Å². The topological polar surface area (TPSA) is 117 Å². The lowest BCUT2D eigenvalue weighted by Crippen LogP contribution is -2.40. The molecule has 7 nitrogen and oxygen atoms in total. The highest BCUT2D eigenvalue weighted by atomic mass is 32.2. The molecule has 0 radical (unpaired) electrons. The molecule has 8 heteroatoms. The largest absolute Gasteiger partial charge is 0.368 e. The zero-order valence-corrected chi connectivity index (χ0v) is 16.9. The van der Waals surface area contributed by atoms with Crippen molar-refractivity contribution in [3.8, 4) is 6.07 Å². The molecule has 0 aliphatic heterocycles. The Morgan fingerprint density at radius 1 is 1.22 bits per heavy atom. The third-order valence-electron chi connectivity index (χ3n) is 3.92. The lowest BCUT2D eigenvalue weighted by molar-refractivity contribution is -0.119. The minimum atomic E-state index is -0.610. The van der Waals surface area contributed by atoms with Crippen LogP contribution in [0, 0.1) is 31.1 Å². The van der Waals surface area contributed by atoms with E-state index >= 15 is 0 Å². The number of carbonyl (C=O) groups excluding carboxylic acids is 1. The van der Waals surface area contributed by atoms with Gasteiger partial charge in [-0.05, 0) is 49.3 Å². The second kappa shape index (κ2) is 8.73. The first-order valence-corrected chi connectivity index (χ1v) is 9.75. The molecular formula is C19H24N6OS. The van der Waals surface area contributed by atoms with E-state index < -0.39 is 11.9 Å². The zero-order chi connectivity index (χ0) is 20.1. The molecule has 0 bridgehead atoms. The van der Waals surface area contributed by atoms with Crippen molar-refractivity contribution >= 4 is 35.1 Å². The number of benzene rings is 1. The van der Waals surface area contributed by atoms with Gasteiger partial charge in [0.2, 0.25) is 11.9 Å². The molecule has 1 heterocycles. The van der Waals surface area contributed by atoms with E-state index in [1.54, 1.807) is 0 Å². The number of aryl methyl sites for hydroxylation is 2. The van der Waals surface area contributed by atoms with E-state index in [0.29, 0.717) is 16.4 Å². The van der Waals surface area contributed by atoms with Gasteiger partial charge in [0, 0.05) is 5.69 Å². The number of nitriles is 1. The Balaban J connectivity index is 2.48. The molecule has 0 aliphatic carbocycles. The normalized spacial score (nSPS) is 11.7. The van der Waals surface area contributed by atoms with Crippen LogP contribution in [-0.4, -0.2) is 28.2 Å². The molecule has 27 heavy (non-hydrogen) atoms. The number of carbonyl (C=O) groups is 1. The highest BCUT2D eigenvalue weighted by Gasteiger charge is 2.22. The van der Waals surface area contributed by atoms with Crippen LogP contribution < -0.4 is 16.4 Å². The van der Waals surface area contributed by atoms with Gasteiger partial charge in [-0.2, -0.15) is 10.2 Å². The molecule has 1 aromatic heterocycles. The Kier molecular flexibility index (Phi) is 6.64. The van der Waals surface area contributed by atoms with Gasteiger partial charge in [0.15, 0.2) is 5.82 Å². The van der Waals surface area contributed by atoms with Gasteiger partial charge in [-0.3, -0.25) is 4.79 Å². The SMILES string of the molecule is CSc1nc(NC(C(N)=O)C(C)C)nc(Nc2cc(C)cc(C)c2)c1C#N. The molecule has 0 fully saturated rings. The molecule has 1 atom stereocenters. The molecule has 1 aromatic carbocycles. The Morgan fingerprint density at radius 3 is 2.33 bits per heavy atom. The summed E-state index contributed by atoms with van der Waals surface area (Å²) in [6.45, 7) is 7.78. The summed E-state index contributed by atoms with van der Waals surface area (Å²) in [7, 11) is 0. The summed E-state index contributed by atoms with van der Waals surface area (Å²) in [5, 5.41) is 16.3. The van der Waals surface area contributed by atoms with Crippen LogP contribution in [0.4, 0.5) is 17.5 Å². The molecule has 2 aromatic rings. The van der Waals surface area contributed by atoms with Crippen molar-refractivity contribution in [2.45, 2.75) is 38.8 Å². The summed E-state index contributed by atoms with van der Waals surface area (Å²) < 4.78 is 0. The molecule has 0 spiro atoms. The number of hydrogen-bond donors (Lipinski definition) is 3. The molecule has 2 rings (SSSR count). The number of amides is 1. The van der Waals surface area contributed by atoms with Gasteiger partial charge in [0.05, 0.1) is 0 Å². The zero-order valence-electron chi connectivity index (χ0n) is 16.1. The van der Waals surface area contributed by atoms with Crippen molar-refractivity contribution in [1.29, 1.82) is 5.26 Å². The first-order valence-electron chi connectivity index (χ1n) is 8.52. The van der Waals surface area contributed by atoms with E-state index in [0.717, 1.165) is 16.8 Å². The highest BCUT2D eigenvalue weighted by molar-refractivity contribution is 7.98. The van der Waals surface area contributed by atoms with Crippen LogP contribution >= 0.6 is 11.8 Å². The van der Waals surface area contributed by atoms with E-state index in [9.17, 15) is 10.1 Å². The van der Waals surface area contributed by atoms with Gasteiger partial charge in [-0.1, -0.05) is 19.9 Å². The number of primary amides is 1. The summed E-state index contributed by atoms with van der Waals surface area (Å²) >= 11 is 1.34. The van der Waals surface area contributed by atoms with Gasteiger partial charge in [-0.15, -0.1) is 11.8 Å². The summed E-state index contributed by atoms with van der Waals surface area (Å²) in [6, 6.07) is 7.57. The lowest BCUT2D eigenvalue weighted by atomic mass is 10.0. The average Bonchev–Trinajstić information content (AvgIpc) is 2.57. The average molecular weight is 385 g/mol. The van der Waals surface area contributed by atoms with Crippen LogP contribution in [0.15, 0.2) is 23.2 Å². The Hall–Kier alpha value is -2.79. The van der Waals surface area contributed by atoms with Gasteiger partial charge in [0.25, 0.3) is 0 Å². The van der Waals surface area contributed by atoms with E-state index in [4.69, 9.17) is 5.73 Å². The lowest BCUT2D eigenvalue weighted by Gasteiger charge is -2.20. The quantitative estimate of drug-likeness (QED) is 0.495. The molecule has 0 saturated heterocycles. The Labute approximate surface area is 163 Å². The van der Waals surface area contributed by atoms with E-state index in [-0.39, 0.29) is 11.9 Å². The van der Waals surface area contributed by atoms with Crippen molar-refractivity contribution < 1.29 is 4.79 Å². The molecule has 4 N–H and O–H groups in total. The van der Waals surface area contributed by atoms with Crippen molar-refractivity contribution in [3.05, 3.63) is 34.9 Å². The van der Waals surface area contributed by atoms with Crippen LogP contribution in [0.1, 0.15) is 30.5 Å². The number of aromatic nitrogens is 2. The maximum absolute atomic E-state index is 11.7. The van der Waals surface area contributed by atoms with Gasteiger partial charge >= 0.3 is 0 Å². The molecule has 1 amide bonds. The second-order valence-corrected chi connectivity index (χ2v) is 7.46. The van der Waals surface area contributed by atoms with Crippen molar-refractivity contribution in [2.24, 2.45) is 11.7 Å². The second-order valence-electron chi connectivity index (χ2n) is 6.66. The fourth-order valence-corrected chi connectivity index (χ4v) is 3.26. The number of rotatable bonds is 7. The number of nitrogens with two attached hydrogens (primary N) is 1. The predicted octanol–water partition coefficient (Wildman–Crippen LogP) is 3.35. The fourth-order valence-electron chi connectivity index (χ4n) is 2.73. The maximum atomic E-state index is 11.7. The predicted molar refractivity (Wildman–Crippen MR) is 109 cm³/mol. The Bertz CT molecular complexity index is 870. The standard InChI is InChI=1S/C19H24N6OS/c1-10(2)15(16(21)26)23-19-24-17(14(9-20)18(25-19)27-5)22-13-7-11(3)6-12(4)8-13/h6-8,10,15H,1-5H3,(H2,21,26)(H2,22,23,24,25). The first kappa shape index (κ1) is 20.5. The van der Waals surface area contributed by atoms with Crippen LogP contribution in [0.5, 0.6) is 0 Å². The monoisotopic (exact) mass is 384 g/mol. The van der Waals surface area contributed by atoms with Gasteiger partial charge < -0.3 is 16.4 Å². The van der Waals surface area contributed by atoms with Crippen molar-refractivity contribution in [3.63, 3.8) is 0 Å². The number of nitrogens with one attached hydrogen (secondary N) is 2. The third kappa shape index (κ3) is 5.11. The smallest absolute Gasteiger partial charge is 0.240 e. The summed E-state index contributed by atoms with van der Waals surface area (Å²) in [5.41, 5.74) is 8.86. The first-order chi connectivity index (χ1) is 12.7. The van der Waals surface area contributed by atoms with Crippen LogP contribution in [-0.2, 0) is 4.79 Å². The van der Waals surface area contributed by atoms with Crippen LogP contribution in [0.3, 0.4) is 0 Å². The highest BCUT2D eigenvalue weighted by Crippen LogP contribution is 2.28. The molecule has 0 aliphatic rings. The van der Waals surface area contributed by atoms with Gasteiger partial charge in [-0.25, -0.2) is 4.98 Å². The summed E-state index contributed by atoms with van der Waals surface area (Å²) in [6.07, 6.45) is 1.83. The van der Waals surface area contributed by atoms with Crippen molar-refractivity contribution in [1.82, 2.24) is 9.97 Å². The number of anilines is 3. The number of hydrogen-bond acceptors (Lipinski definition) is 7. The fraction of sp³-hybridized carbons (Fsp3) is 0.368. The molecule has 0 saturated carbocycles. The number of thioether (sulfide) groups is 1. The maximum Gasteiger partial charge on any atom is 0.240 e. The Morgan fingerprint density at radius 2 is 1.85 bits per heavy atom. The summed E-state index contributed by atoms with van der Waals surface area (Å²) in [4.78, 5) is 20.5. The van der Waals surface area contributed by atoms with Crippen LogP contribution in [0.25, 0.3) is 0 Å². The minimum Gasteiger partial charge on any atom is -0.368 e. The summed E-state index contributed by atoms with van der Waals surface area (Å²) in [5.74, 6) is 0.127. The molecule has 1 unspecified atom stereocenters. The number of nitrogens with zero attached hydrogens (tertiary/aromatic N) is 3. The third-order valence-corrected chi connectivity index (χ3v) is 4.61. The van der Waals surface area contributed by atoms with E-state index in [2.05, 4.69) is 32.7 Å².